The van der Waals surface area contributed by atoms with Crippen molar-refractivity contribution in [1.29, 1.82) is 0 Å². The number of benzene rings is 1. The van der Waals surface area contributed by atoms with Crippen LogP contribution in [0.25, 0.3) is 0 Å². The number of ether oxygens (including phenoxy) is 1. The van der Waals surface area contributed by atoms with Crippen LogP contribution in [0.2, 0.25) is 0 Å². The fourth-order valence-electron chi connectivity index (χ4n) is 3.11. The summed E-state index contributed by atoms with van der Waals surface area (Å²) in [4.78, 5) is 0. The molecule has 2 N–H and O–H groups in total. The molecule has 21 heavy (non-hydrogen) atoms. The predicted molar refractivity (Wildman–Crippen MR) is 88.7 cm³/mol. The highest BCUT2D eigenvalue weighted by molar-refractivity contribution is 9.10. The SMILES string of the molecule is COc1ccc(Br)cc1Cn1cc2c(c1)C(N)CCCC2. The number of hydrogen-bond donors (Lipinski definition) is 1. The van der Waals surface area contributed by atoms with E-state index in [1.165, 1.54) is 29.5 Å². The van der Waals surface area contributed by atoms with E-state index in [1.54, 1.807) is 7.11 Å². The van der Waals surface area contributed by atoms with E-state index in [0.717, 1.165) is 29.6 Å². The van der Waals surface area contributed by atoms with Gasteiger partial charge in [0.05, 0.1) is 13.7 Å². The molecule has 1 aromatic carbocycles. The van der Waals surface area contributed by atoms with Crippen LogP contribution in [0.1, 0.15) is 42.0 Å². The van der Waals surface area contributed by atoms with Crippen molar-refractivity contribution in [2.75, 3.05) is 7.11 Å². The highest BCUT2D eigenvalue weighted by Crippen LogP contribution is 2.29. The Morgan fingerprint density at radius 2 is 2.19 bits per heavy atom. The van der Waals surface area contributed by atoms with Crippen LogP contribution in [-0.2, 0) is 13.0 Å². The molecule has 0 aliphatic heterocycles. The van der Waals surface area contributed by atoms with Crippen molar-refractivity contribution in [3.8, 4) is 5.75 Å². The summed E-state index contributed by atoms with van der Waals surface area (Å²) in [5.74, 6) is 0.923. The van der Waals surface area contributed by atoms with Gasteiger partial charge in [0.1, 0.15) is 5.75 Å². The number of fused-ring (bicyclic) bond motifs is 1. The number of aromatic nitrogens is 1. The van der Waals surface area contributed by atoms with Crippen LogP contribution < -0.4 is 10.5 Å². The molecule has 1 aromatic heterocycles. The highest BCUT2D eigenvalue weighted by Gasteiger charge is 2.17. The first kappa shape index (κ1) is 14.7. The Morgan fingerprint density at radius 3 is 3.00 bits per heavy atom. The number of halogens is 1. The van der Waals surface area contributed by atoms with Gasteiger partial charge in [-0.2, -0.15) is 0 Å². The maximum absolute atomic E-state index is 6.29. The van der Waals surface area contributed by atoms with Gasteiger partial charge in [0.15, 0.2) is 0 Å². The Kier molecular flexibility index (Phi) is 4.36. The molecule has 4 heteroatoms. The lowest BCUT2D eigenvalue weighted by atomic mass is 10.1. The lowest BCUT2D eigenvalue weighted by Gasteiger charge is -2.10. The minimum atomic E-state index is 0.188. The van der Waals surface area contributed by atoms with Crippen LogP contribution >= 0.6 is 15.9 Å². The van der Waals surface area contributed by atoms with Crippen LogP contribution in [0, 0.1) is 0 Å². The molecular weight excluding hydrogens is 328 g/mol. The van der Waals surface area contributed by atoms with E-state index < -0.39 is 0 Å². The van der Waals surface area contributed by atoms with Crippen molar-refractivity contribution in [2.24, 2.45) is 5.73 Å². The maximum Gasteiger partial charge on any atom is 0.123 e. The second kappa shape index (κ2) is 6.24. The van der Waals surface area contributed by atoms with Gasteiger partial charge in [0.2, 0.25) is 0 Å². The largest absolute Gasteiger partial charge is 0.496 e. The van der Waals surface area contributed by atoms with Crippen LogP contribution in [0.4, 0.5) is 0 Å². The van der Waals surface area contributed by atoms with Gasteiger partial charge in [-0.15, -0.1) is 0 Å². The van der Waals surface area contributed by atoms with Crippen molar-refractivity contribution in [1.82, 2.24) is 4.57 Å². The van der Waals surface area contributed by atoms with Crippen LogP contribution in [0.15, 0.2) is 35.1 Å². The third-order valence-electron chi connectivity index (χ3n) is 4.20. The smallest absolute Gasteiger partial charge is 0.123 e. The Bertz CT molecular complexity index is 636. The summed E-state index contributed by atoms with van der Waals surface area (Å²) in [5, 5.41) is 0. The van der Waals surface area contributed by atoms with Gasteiger partial charge >= 0.3 is 0 Å². The highest BCUT2D eigenvalue weighted by atomic mass is 79.9. The lowest BCUT2D eigenvalue weighted by molar-refractivity contribution is 0.408. The fraction of sp³-hybridized carbons (Fsp3) is 0.412. The molecule has 0 amide bonds. The van der Waals surface area contributed by atoms with E-state index in [2.05, 4.69) is 39.0 Å². The minimum absolute atomic E-state index is 0.188. The molecule has 3 rings (SSSR count). The van der Waals surface area contributed by atoms with Crippen molar-refractivity contribution in [3.05, 3.63) is 51.8 Å². The molecule has 112 valence electrons. The molecule has 1 atom stereocenters. The van der Waals surface area contributed by atoms with Gasteiger partial charge in [0.25, 0.3) is 0 Å². The van der Waals surface area contributed by atoms with E-state index in [4.69, 9.17) is 10.5 Å². The van der Waals surface area contributed by atoms with E-state index in [-0.39, 0.29) is 6.04 Å². The van der Waals surface area contributed by atoms with Gasteiger partial charge in [-0.25, -0.2) is 0 Å². The number of rotatable bonds is 3. The van der Waals surface area contributed by atoms with Crippen molar-refractivity contribution in [3.63, 3.8) is 0 Å². The first-order valence-electron chi connectivity index (χ1n) is 7.44. The molecule has 0 spiro atoms. The van der Waals surface area contributed by atoms with Crippen LogP contribution in [-0.4, -0.2) is 11.7 Å². The summed E-state index contributed by atoms with van der Waals surface area (Å²) in [5.41, 5.74) is 10.2. The molecular formula is C17H21BrN2O. The van der Waals surface area contributed by atoms with Gasteiger partial charge in [0, 0.05) is 28.5 Å². The van der Waals surface area contributed by atoms with Gasteiger partial charge < -0.3 is 15.0 Å². The first-order chi connectivity index (χ1) is 10.2. The average molecular weight is 349 g/mol. The third kappa shape index (κ3) is 3.16. The maximum atomic E-state index is 6.29. The Balaban J connectivity index is 1.89. The molecule has 0 fully saturated rings. The Hall–Kier alpha value is -1.26. The molecule has 1 aliphatic rings. The predicted octanol–water partition coefficient (Wildman–Crippen LogP) is 4.03. The molecule has 0 saturated heterocycles. The molecule has 3 nitrogen and oxygen atoms in total. The van der Waals surface area contributed by atoms with Gasteiger partial charge in [-0.1, -0.05) is 22.4 Å². The van der Waals surface area contributed by atoms with Crippen molar-refractivity contribution >= 4 is 15.9 Å². The Morgan fingerprint density at radius 1 is 1.33 bits per heavy atom. The summed E-state index contributed by atoms with van der Waals surface area (Å²) >= 11 is 3.53. The van der Waals surface area contributed by atoms with E-state index in [1.807, 2.05) is 12.1 Å². The average Bonchev–Trinajstić information content (AvgIpc) is 2.79. The molecule has 2 aromatic rings. The zero-order valence-electron chi connectivity index (χ0n) is 12.3. The summed E-state index contributed by atoms with van der Waals surface area (Å²) in [7, 11) is 1.72. The summed E-state index contributed by atoms with van der Waals surface area (Å²) in [6, 6.07) is 6.31. The summed E-state index contributed by atoms with van der Waals surface area (Å²) in [6.45, 7) is 0.808. The van der Waals surface area contributed by atoms with Crippen molar-refractivity contribution < 1.29 is 4.74 Å². The van der Waals surface area contributed by atoms with E-state index in [0.29, 0.717) is 0 Å². The number of aryl methyl sites for hydroxylation is 1. The zero-order chi connectivity index (χ0) is 14.8. The number of methoxy groups -OCH3 is 1. The van der Waals surface area contributed by atoms with E-state index in [9.17, 15) is 0 Å². The second-order valence-electron chi connectivity index (χ2n) is 5.72. The summed E-state index contributed by atoms with van der Waals surface area (Å²) in [6.07, 6.45) is 9.18. The number of nitrogens with zero attached hydrogens (tertiary/aromatic N) is 1. The van der Waals surface area contributed by atoms with Crippen molar-refractivity contribution in [2.45, 2.75) is 38.3 Å². The van der Waals surface area contributed by atoms with Crippen LogP contribution in [0.5, 0.6) is 5.75 Å². The topological polar surface area (TPSA) is 40.2 Å². The molecule has 0 saturated carbocycles. The van der Waals surface area contributed by atoms with Gasteiger partial charge in [-0.05, 0) is 48.6 Å². The normalized spacial score (nSPS) is 18.1. The third-order valence-corrected chi connectivity index (χ3v) is 4.70. The molecule has 0 bridgehead atoms. The number of nitrogens with two attached hydrogens (primary N) is 1. The first-order valence-corrected chi connectivity index (χ1v) is 8.23. The quantitative estimate of drug-likeness (QED) is 0.850. The molecule has 0 radical (unpaired) electrons. The minimum Gasteiger partial charge on any atom is -0.496 e. The zero-order valence-corrected chi connectivity index (χ0v) is 13.9. The lowest BCUT2D eigenvalue weighted by Crippen LogP contribution is -2.09. The molecule has 1 heterocycles. The fourth-order valence-corrected chi connectivity index (χ4v) is 3.52. The summed E-state index contributed by atoms with van der Waals surface area (Å²) < 4.78 is 8.77. The molecule has 1 unspecified atom stereocenters. The van der Waals surface area contributed by atoms with E-state index >= 15 is 0 Å². The van der Waals surface area contributed by atoms with Gasteiger partial charge in [-0.3, -0.25) is 0 Å². The standard InChI is InChI=1S/C17H21BrN2O/c1-21-17-7-6-14(18)8-13(17)10-20-9-12-4-2-3-5-16(19)15(12)11-20/h6-9,11,16H,2-5,10,19H2,1H3. The molecule has 1 aliphatic carbocycles. The van der Waals surface area contributed by atoms with Crippen LogP contribution in [0.3, 0.4) is 0 Å². The monoisotopic (exact) mass is 348 g/mol. The number of hydrogen-bond acceptors (Lipinski definition) is 2. The Labute approximate surface area is 134 Å². The second-order valence-corrected chi connectivity index (χ2v) is 6.64.